The van der Waals surface area contributed by atoms with Crippen molar-refractivity contribution in [3.63, 3.8) is 0 Å². The maximum absolute atomic E-state index is 12.8. The molecule has 0 atom stereocenters. The van der Waals surface area contributed by atoms with E-state index in [2.05, 4.69) is 11.4 Å². The first-order valence-corrected chi connectivity index (χ1v) is 8.63. The Bertz CT molecular complexity index is 1080. The van der Waals surface area contributed by atoms with Crippen LogP contribution in [0.1, 0.15) is 16.7 Å². The maximum Gasteiger partial charge on any atom is 0.258 e. The van der Waals surface area contributed by atoms with Gasteiger partial charge in [0.15, 0.2) is 0 Å². The Kier molecular flexibility index (Phi) is 4.19. The molecule has 0 saturated heterocycles. The number of para-hydroxylation sites is 1. The largest absolute Gasteiger partial charge is 0.343 e. The highest BCUT2D eigenvalue weighted by Crippen LogP contribution is 2.39. The van der Waals surface area contributed by atoms with Crippen molar-refractivity contribution in [1.29, 1.82) is 5.26 Å². The SMILES string of the molecule is CN(/C(=C1/C(=O)Nc2ccccc21)c1ccccc1)c1ccc(C#N)cc1. The van der Waals surface area contributed by atoms with Crippen molar-refractivity contribution in [2.75, 3.05) is 17.3 Å². The predicted octanol–water partition coefficient (Wildman–Crippen LogP) is 4.52. The molecule has 0 saturated carbocycles. The maximum atomic E-state index is 12.8. The lowest BCUT2D eigenvalue weighted by molar-refractivity contribution is -0.110. The summed E-state index contributed by atoms with van der Waals surface area (Å²) >= 11 is 0. The molecule has 0 unspecified atom stereocenters. The first kappa shape index (κ1) is 16.6. The van der Waals surface area contributed by atoms with Gasteiger partial charge in [-0.1, -0.05) is 48.5 Å². The first-order valence-electron chi connectivity index (χ1n) is 8.63. The topological polar surface area (TPSA) is 56.1 Å². The molecular weight excluding hydrogens is 334 g/mol. The van der Waals surface area contributed by atoms with Gasteiger partial charge in [0, 0.05) is 24.0 Å². The molecule has 3 aromatic rings. The van der Waals surface area contributed by atoms with Crippen LogP contribution < -0.4 is 10.2 Å². The van der Waals surface area contributed by atoms with Crippen LogP contribution in [0, 0.1) is 11.3 Å². The molecule has 0 bridgehead atoms. The van der Waals surface area contributed by atoms with Crippen LogP contribution in [0.3, 0.4) is 0 Å². The summed E-state index contributed by atoms with van der Waals surface area (Å²) in [4.78, 5) is 14.8. The quantitative estimate of drug-likeness (QED) is 0.706. The fourth-order valence-corrected chi connectivity index (χ4v) is 3.34. The Morgan fingerprint density at radius 2 is 1.59 bits per heavy atom. The molecule has 0 spiro atoms. The number of nitrogens with zero attached hydrogens (tertiary/aromatic N) is 2. The molecule has 130 valence electrons. The smallest absolute Gasteiger partial charge is 0.258 e. The van der Waals surface area contributed by atoms with Gasteiger partial charge in [0.25, 0.3) is 5.91 Å². The number of carbonyl (C=O) groups is 1. The summed E-state index contributed by atoms with van der Waals surface area (Å²) in [6, 6.07) is 27.0. The van der Waals surface area contributed by atoms with Crippen LogP contribution in [-0.4, -0.2) is 13.0 Å². The number of carbonyl (C=O) groups excluding carboxylic acids is 1. The van der Waals surface area contributed by atoms with E-state index >= 15 is 0 Å². The van der Waals surface area contributed by atoms with Gasteiger partial charge in [0.05, 0.1) is 22.9 Å². The minimum atomic E-state index is -0.115. The number of amides is 1. The Hall–Kier alpha value is -3.84. The van der Waals surface area contributed by atoms with E-state index in [1.165, 1.54) is 0 Å². The normalized spacial score (nSPS) is 14.1. The number of hydrogen-bond donors (Lipinski definition) is 1. The van der Waals surface area contributed by atoms with Crippen LogP contribution in [0.15, 0.2) is 78.9 Å². The third kappa shape index (κ3) is 2.96. The van der Waals surface area contributed by atoms with Gasteiger partial charge in [-0.15, -0.1) is 0 Å². The van der Waals surface area contributed by atoms with Crippen molar-refractivity contribution in [2.45, 2.75) is 0 Å². The highest BCUT2D eigenvalue weighted by Gasteiger charge is 2.29. The molecule has 3 aromatic carbocycles. The van der Waals surface area contributed by atoms with Crippen LogP contribution in [0.25, 0.3) is 11.3 Å². The molecule has 4 rings (SSSR count). The summed E-state index contributed by atoms with van der Waals surface area (Å²) in [6.45, 7) is 0. The molecule has 1 aliphatic rings. The molecular formula is C23H17N3O. The lowest BCUT2D eigenvalue weighted by atomic mass is 9.99. The molecule has 0 radical (unpaired) electrons. The second-order valence-electron chi connectivity index (χ2n) is 6.31. The van der Waals surface area contributed by atoms with Crippen LogP contribution in [0.4, 0.5) is 11.4 Å². The molecule has 1 aliphatic heterocycles. The van der Waals surface area contributed by atoms with Gasteiger partial charge in [0.1, 0.15) is 0 Å². The summed E-state index contributed by atoms with van der Waals surface area (Å²) < 4.78 is 0. The van der Waals surface area contributed by atoms with Crippen LogP contribution in [0.5, 0.6) is 0 Å². The van der Waals surface area contributed by atoms with Crippen LogP contribution >= 0.6 is 0 Å². The van der Waals surface area contributed by atoms with E-state index in [9.17, 15) is 4.79 Å². The molecule has 0 aromatic heterocycles. The van der Waals surface area contributed by atoms with Crippen molar-refractivity contribution in [2.24, 2.45) is 0 Å². The van der Waals surface area contributed by atoms with E-state index < -0.39 is 0 Å². The number of nitrogens with one attached hydrogen (secondary N) is 1. The lowest BCUT2D eigenvalue weighted by Gasteiger charge is -2.25. The van der Waals surface area contributed by atoms with E-state index in [-0.39, 0.29) is 5.91 Å². The zero-order chi connectivity index (χ0) is 18.8. The highest BCUT2D eigenvalue weighted by molar-refractivity contribution is 6.37. The van der Waals surface area contributed by atoms with Gasteiger partial charge in [-0.25, -0.2) is 0 Å². The number of rotatable bonds is 3. The van der Waals surface area contributed by atoms with Gasteiger partial charge >= 0.3 is 0 Å². The lowest BCUT2D eigenvalue weighted by Crippen LogP contribution is -2.19. The summed E-state index contributed by atoms with van der Waals surface area (Å²) in [5.74, 6) is -0.115. The van der Waals surface area contributed by atoms with Crippen molar-refractivity contribution in [3.05, 3.63) is 95.6 Å². The molecule has 1 amide bonds. The van der Waals surface area contributed by atoms with Crippen LogP contribution in [-0.2, 0) is 4.79 Å². The molecule has 4 nitrogen and oxygen atoms in total. The van der Waals surface area contributed by atoms with E-state index in [1.54, 1.807) is 12.1 Å². The third-order valence-electron chi connectivity index (χ3n) is 4.67. The fourth-order valence-electron chi connectivity index (χ4n) is 3.34. The van der Waals surface area contributed by atoms with Gasteiger partial charge in [-0.3, -0.25) is 4.79 Å². The second-order valence-corrected chi connectivity index (χ2v) is 6.31. The fraction of sp³-hybridized carbons (Fsp3) is 0.0435. The van der Waals surface area contributed by atoms with Crippen LogP contribution in [0.2, 0.25) is 0 Å². The van der Waals surface area contributed by atoms with Crippen molar-refractivity contribution < 1.29 is 4.79 Å². The Labute approximate surface area is 158 Å². The molecule has 0 fully saturated rings. The third-order valence-corrected chi connectivity index (χ3v) is 4.67. The number of anilines is 2. The zero-order valence-electron chi connectivity index (χ0n) is 14.8. The Morgan fingerprint density at radius 1 is 0.926 bits per heavy atom. The first-order chi connectivity index (χ1) is 13.2. The highest BCUT2D eigenvalue weighted by atomic mass is 16.2. The minimum absolute atomic E-state index is 0.115. The van der Waals surface area contributed by atoms with E-state index in [0.29, 0.717) is 11.1 Å². The Morgan fingerprint density at radius 3 is 2.30 bits per heavy atom. The molecule has 4 heteroatoms. The number of nitriles is 1. The molecule has 1 heterocycles. The van der Waals surface area contributed by atoms with E-state index in [4.69, 9.17) is 5.26 Å². The van der Waals surface area contributed by atoms with Gasteiger partial charge in [-0.05, 0) is 35.9 Å². The molecule has 1 N–H and O–H groups in total. The van der Waals surface area contributed by atoms with Gasteiger partial charge in [0.2, 0.25) is 0 Å². The summed E-state index contributed by atoms with van der Waals surface area (Å²) in [5.41, 5.74) is 5.63. The number of hydrogen-bond acceptors (Lipinski definition) is 3. The number of benzene rings is 3. The molecule has 0 aliphatic carbocycles. The molecule has 27 heavy (non-hydrogen) atoms. The predicted molar refractivity (Wildman–Crippen MR) is 108 cm³/mol. The Balaban J connectivity index is 1.93. The average molecular weight is 351 g/mol. The van der Waals surface area contributed by atoms with Crippen molar-refractivity contribution >= 4 is 28.6 Å². The standard InChI is InChI=1S/C23H17N3O/c1-26(18-13-11-16(15-24)12-14-18)22(17-7-3-2-4-8-17)21-19-9-5-6-10-20(19)25-23(21)27/h2-14H,1H3,(H,25,27)/b22-21+. The van der Waals surface area contributed by atoms with Crippen molar-refractivity contribution in [1.82, 2.24) is 0 Å². The van der Waals surface area contributed by atoms with Crippen molar-refractivity contribution in [3.8, 4) is 6.07 Å². The summed E-state index contributed by atoms with van der Waals surface area (Å²) in [5, 5.41) is 12.0. The van der Waals surface area contributed by atoms with Gasteiger partial charge in [-0.2, -0.15) is 5.26 Å². The second kappa shape index (κ2) is 6.81. The van der Waals surface area contributed by atoms with E-state index in [0.717, 1.165) is 28.2 Å². The zero-order valence-corrected chi connectivity index (χ0v) is 14.8. The minimum Gasteiger partial charge on any atom is -0.343 e. The monoisotopic (exact) mass is 351 g/mol. The summed E-state index contributed by atoms with van der Waals surface area (Å²) in [6.07, 6.45) is 0. The van der Waals surface area contributed by atoms with Gasteiger partial charge < -0.3 is 10.2 Å². The summed E-state index contributed by atoms with van der Waals surface area (Å²) in [7, 11) is 1.94. The number of fused-ring (bicyclic) bond motifs is 1. The van der Waals surface area contributed by atoms with E-state index in [1.807, 2.05) is 78.7 Å². The average Bonchev–Trinajstić information content (AvgIpc) is 3.05.